The lowest BCUT2D eigenvalue weighted by Gasteiger charge is -2.40. The maximum Gasteiger partial charge on any atom is 0.172 e. The predicted octanol–water partition coefficient (Wildman–Crippen LogP) is 3.64. The molecule has 3 aliphatic rings. The van der Waals surface area contributed by atoms with Crippen LogP contribution in [0.4, 0.5) is 11.6 Å². The summed E-state index contributed by atoms with van der Waals surface area (Å²) in [5.41, 5.74) is 1.94. The molecule has 3 unspecified atom stereocenters. The molecule has 6 nitrogen and oxygen atoms in total. The highest BCUT2D eigenvalue weighted by Crippen LogP contribution is 2.35. The summed E-state index contributed by atoms with van der Waals surface area (Å²) < 4.78 is 11.9. The van der Waals surface area contributed by atoms with E-state index in [0.717, 1.165) is 55.5 Å². The Morgan fingerprint density at radius 3 is 2.07 bits per heavy atom. The maximum absolute atomic E-state index is 5.96. The van der Waals surface area contributed by atoms with Crippen molar-refractivity contribution in [2.24, 2.45) is 5.92 Å². The van der Waals surface area contributed by atoms with Crippen molar-refractivity contribution in [2.75, 3.05) is 42.6 Å². The van der Waals surface area contributed by atoms with Crippen molar-refractivity contribution in [1.29, 1.82) is 0 Å². The number of benzene rings is 1. The molecule has 3 fully saturated rings. The lowest BCUT2D eigenvalue weighted by molar-refractivity contribution is -0.00544. The molecule has 156 valence electrons. The molecule has 0 saturated carbocycles. The van der Waals surface area contributed by atoms with Gasteiger partial charge in [-0.05, 0) is 57.6 Å². The number of anilines is 2. The number of piperidine rings is 1. The van der Waals surface area contributed by atoms with Crippen molar-refractivity contribution in [3.05, 3.63) is 24.3 Å². The molecule has 1 aromatic carbocycles. The Morgan fingerprint density at radius 2 is 1.48 bits per heavy atom. The fourth-order valence-corrected chi connectivity index (χ4v) is 5.21. The summed E-state index contributed by atoms with van der Waals surface area (Å²) in [5.74, 6) is 2.74. The van der Waals surface area contributed by atoms with Crippen LogP contribution < -0.4 is 9.80 Å². The second-order valence-electron chi connectivity index (χ2n) is 8.90. The highest BCUT2D eigenvalue weighted by atomic mass is 16.5. The van der Waals surface area contributed by atoms with E-state index in [2.05, 4.69) is 35.8 Å². The van der Waals surface area contributed by atoms with E-state index in [1.165, 1.54) is 25.7 Å². The van der Waals surface area contributed by atoms with E-state index < -0.39 is 0 Å². The van der Waals surface area contributed by atoms with Gasteiger partial charge in [0, 0.05) is 32.8 Å². The molecule has 6 heteroatoms. The van der Waals surface area contributed by atoms with Crippen molar-refractivity contribution in [3.8, 4) is 0 Å². The monoisotopic (exact) mass is 396 g/mol. The van der Waals surface area contributed by atoms with Crippen molar-refractivity contribution in [1.82, 2.24) is 9.97 Å². The second kappa shape index (κ2) is 8.07. The van der Waals surface area contributed by atoms with Crippen LogP contribution in [0, 0.1) is 5.92 Å². The highest BCUT2D eigenvalue weighted by Gasteiger charge is 2.32. The first kappa shape index (κ1) is 19.1. The third-order valence-electron chi connectivity index (χ3n) is 6.58. The maximum atomic E-state index is 5.96. The molecule has 1 aromatic heterocycles. The number of hydrogen-bond acceptors (Lipinski definition) is 6. The average Bonchev–Trinajstić information content (AvgIpc) is 3.27. The summed E-state index contributed by atoms with van der Waals surface area (Å²) in [4.78, 5) is 15.0. The van der Waals surface area contributed by atoms with Crippen LogP contribution in [0.5, 0.6) is 0 Å². The van der Waals surface area contributed by atoms with Gasteiger partial charge in [0.25, 0.3) is 0 Å². The Kier molecular flexibility index (Phi) is 5.31. The van der Waals surface area contributed by atoms with Crippen molar-refractivity contribution in [3.63, 3.8) is 0 Å². The van der Waals surface area contributed by atoms with E-state index in [1.807, 2.05) is 12.1 Å². The first-order valence-electron chi connectivity index (χ1n) is 11.2. The zero-order valence-corrected chi connectivity index (χ0v) is 17.6. The molecule has 0 bridgehead atoms. The molecule has 4 heterocycles. The number of morpholine rings is 1. The van der Waals surface area contributed by atoms with Crippen LogP contribution in [0.25, 0.3) is 11.0 Å². The minimum absolute atomic E-state index is 0.199. The number of ether oxygens (including phenoxy) is 2. The quantitative estimate of drug-likeness (QED) is 0.790. The lowest BCUT2D eigenvalue weighted by Crippen LogP contribution is -2.47. The Bertz CT molecular complexity index is 836. The molecular weight excluding hydrogens is 364 g/mol. The van der Waals surface area contributed by atoms with Gasteiger partial charge >= 0.3 is 0 Å². The average molecular weight is 397 g/mol. The van der Waals surface area contributed by atoms with Crippen LogP contribution in [0.2, 0.25) is 0 Å². The number of nitrogens with zero attached hydrogens (tertiary/aromatic N) is 4. The summed E-state index contributed by atoms with van der Waals surface area (Å²) in [6.07, 6.45) is 5.67. The fraction of sp³-hybridized carbons (Fsp3) is 0.652. The van der Waals surface area contributed by atoms with E-state index >= 15 is 0 Å². The summed E-state index contributed by atoms with van der Waals surface area (Å²) in [6.45, 7) is 9.00. The van der Waals surface area contributed by atoms with Gasteiger partial charge in [-0.15, -0.1) is 0 Å². The first-order chi connectivity index (χ1) is 14.2. The second-order valence-corrected chi connectivity index (χ2v) is 8.90. The van der Waals surface area contributed by atoms with E-state index in [4.69, 9.17) is 19.4 Å². The van der Waals surface area contributed by atoms with Gasteiger partial charge in [-0.1, -0.05) is 12.1 Å². The number of rotatable bonds is 3. The summed E-state index contributed by atoms with van der Waals surface area (Å²) in [5, 5.41) is 0. The fourth-order valence-electron chi connectivity index (χ4n) is 5.21. The molecule has 0 spiro atoms. The van der Waals surface area contributed by atoms with Crippen LogP contribution in [-0.2, 0) is 9.47 Å². The zero-order valence-electron chi connectivity index (χ0n) is 17.6. The minimum atomic E-state index is 0.199. The first-order valence-corrected chi connectivity index (χ1v) is 11.2. The van der Waals surface area contributed by atoms with Gasteiger partial charge in [0.15, 0.2) is 11.6 Å². The molecule has 2 aromatic rings. The lowest BCUT2D eigenvalue weighted by atomic mass is 9.90. The SMILES string of the molecule is CC1CN(c2nc3ccccc3nc2N2CCC(C3CCCO3)CC2)CC(C)O1. The van der Waals surface area contributed by atoms with Gasteiger partial charge in [-0.3, -0.25) is 0 Å². The van der Waals surface area contributed by atoms with E-state index in [-0.39, 0.29) is 12.2 Å². The molecule has 0 amide bonds. The van der Waals surface area contributed by atoms with Crippen molar-refractivity contribution < 1.29 is 9.47 Å². The van der Waals surface area contributed by atoms with Gasteiger partial charge < -0.3 is 19.3 Å². The van der Waals surface area contributed by atoms with Crippen LogP contribution in [0.1, 0.15) is 39.5 Å². The minimum Gasteiger partial charge on any atom is -0.378 e. The molecule has 0 N–H and O–H groups in total. The van der Waals surface area contributed by atoms with Gasteiger partial charge in [0.2, 0.25) is 0 Å². The number of fused-ring (bicyclic) bond motifs is 1. The Balaban J connectivity index is 1.44. The Hall–Kier alpha value is -1.92. The van der Waals surface area contributed by atoms with Gasteiger partial charge in [0.1, 0.15) is 0 Å². The Morgan fingerprint density at radius 1 is 0.862 bits per heavy atom. The van der Waals surface area contributed by atoms with Gasteiger partial charge in [0.05, 0.1) is 29.3 Å². The largest absolute Gasteiger partial charge is 0.378 e. The van der Waals surface area contributed by atoms with Crippen molar-refractivity contribution >= 4 is 22.7 Å². The van der Waals surface area contributed by atoms with Gasteiger partial charge in [-0.25, -0.2) is 9.97 Å². The molecule has 3 atom stereocenters. The number of hydrogen-bond donors (Lipinski definition) is 0. The zero-order chi connectivity index (χ0) is 19.8. The number of aromatic nitrogens is 2. The van der Waals surface area contributed by atoms with Crippen LogP contribution in [0.15, 0.2) is 24.3 Å². The molecule has 0 aliphatic carbocycles. The summed E-state index contributed by atoms with van der Waals surface area (Å²) in [7, 11) is 0. The standard InChI is InChI=1S/C23H32N4O2/c1-16-14-27(15-17(2)29-16)23-22(24-19-6-3-4-7-20(19)25-23)26-11-9-18(10-12-26)21-8-5-13-28-21/h3-4,6-7,16-18,21H,5,8-15H2,1-2H3. The highest BCUT2D eigenvalue weighted by molar-refractivity contribution is 5.81. The molecule has 5 rings (SSSR count). The number of para-hydroxylation sites is 2. The third-order valence-corrected chi connectivity index (χ3v) is 6.58. The molecule has 0 radical (unpaired) electrons. The summed E-state index contributed by atoms with van der Waals surface area (Å²) >= 11 is 0. The van der Waals surface area contributed by atoms with Crippen molar-refractivity contribution in [2.45, 2.75) is 57.8 Å². The van der Waals surface area contributed by atoms with Crippen LogP contribution in [0.3, 0.4) is 0 Å². The molecule has 29 heavy (non-hydrogen) atoms. The van der Waals surface area contributed by atoms with E-state index in [1.54, 1.807) is 0 Å². The van der Waals surface area contributed by atoms with Crippen LogP contribution >= 0.6 is 0 Å². The summed E-state index contributed by atoms with van der Waals surface area (Å²) in [6, 6.07) is 8.22. The third kappa shape index (κ3) is 3.92. The smallest absolute Gasteiger partial charge is 0.172 e. The normalized spacial score (nSPS) is 29.0. The predicted molar refractivity (Wildman–Crippen MR) is 116 cm³/mol. The topological polar surface area (TPSA) is 50.7 Å². The molecule has 3 aliphatic heterocycles. The van der Waals surface area contributed by atoms with E-state index in [9.17, 15) is 0 Å². The Labute approximate surface area is 173 Å². The molecule has 3 saturated heterocycles. The van der Waals surface area contributed by atoms with Crippen LogP contribution in [-0.4, -0.2) is 61.1 Å². The molecular formula is C23H32N4O2. The van der Waals surface area contributed by atoms with E-state index in [0.29, 0.717) is 12.0 Å². The van der Waals surface area contributed by atoms with Gasteiger partial charge in [-0.2, -0.15) is 0 Å².